The maximum atomic E-state index is 5.71. The van der Waals surface area contributed by atoms with Crippen LogP contribution in [0.5, 0.6) is 5.75 Å². The smallest absolute Gasteiger partial charge is 0.119 e. The summed E-state index contributed by atoms with van der Waals surface area (Å²) in [5, 5.41) is 3.70. The number of ether oxygens (including phenoxy) is 1. The van der Waals surface area contributed by atoms with Crippen LogP contribution in [-0.2, 0) is 0 Å². The van der Waals surface area contributed by atoms with Crippen molar-refractivity contribution in [2.75, 3.05) is 6.54 Å². The summed E-state index contributed by atoms with van der Waals surface area (Å²) < 4.78 is 5.71. The van der Waals surface area contributed by atoms with Gasteiger partial charge < -0.3 is 10.1 Å². The number of benzene rings is 1. The Morgan fingerprint density at radius 3 is 2.14 bits per heavy atom. The molecule has 1 rings (SSSR count). The molecule has 2 nitrogen and oxygen atoms in total. The highest BCUT2D eigenvalue weighted by atomic mass is 16.5. The van der Waals surface area contributed by atoms with Crippen LogP contribution in [0, 0.1) is 0 Å². The second-order valence-corrected chi connectivity index (χ2v) is 6.42. The Bertz CT molecular complexity index is 372. The summed E-state index contributed by atoms with van der Waals surface area (Å²) in [6, 6.07) is 9.03. The summed E-state index contributed by atoms with van der Waals surface area (Å²) in [5.74, 6) is 0.963. The third-order valence-electron chi connectivity index (χ3n) is 3.98. The van der Waals surface area contributed by atoms with Gasteiger partial charge in [-0.15, -0.1) is 0 Å². The van der Waals surface area contributed by atoms with Gasteiger partial charge in [0.2, 0.25) is 0 Å². The molecule has 126 valence electrons. The third-order valence-corrected chi connectivity index (χ3v) is 3.98. The van der Waals surface area contributed by atoms with Gasteiger partial charge in [-0.2, -0.15) is 0 Å². The second-order valence-electron chi connectivity index (χ2n) is 6.42. The van der Waals surface area contributed by atoms with Crippen LogP contribution in [0.25, 0.3) is 0 Å². The van der Waals surface area contributed by atoms with Crippen LogP contribution >= 0.6 is 0 Å². The first-order valence-corrected chi connectivity index (χ1v) is 9.17. The average Bonchev–Trinajstić information content (AvgIpc) is 2.51. The van der Waals surface area contributed by atoms with Crippen molar-refractivity contribution in [3.8, 4) is 5.75 Å². The zero-order valence-electron chi connectivity index (χ0n) is 15.0. The predicted octanol–water partition coefficient (Wildman–Crippen LogP) is 5.88. The molecule has 22 heavy (non-hydrogen) atoms. The standard InChI is InChI=1S/C20H35NO/c1-5-7-8-9-10-11-16-21-20(6-2)18-12-14-19(15-13-18)22-17(3)4/h12-15,17,20-21H,5-11,16H2,1-4H3. The van der Waals surface area contributed by atoms with Crippen LogP contribution in [0.4, 0.5) is 0 Å². The molecule has 0 saturated heterocycles. The van der Waals surface area contributed by atoms with Gasteiger partial charge >= 0.3 is 0 Å². The van der Waals surface area contributed by atoms with E-state index in [1.54, 1.807) is 0 Å². The lowest BCUT2D eigenvalue weighted by Gasteiger charge is -2.18. The fraction of sp³-hybridized carbons (Fsp3) is 0.700. The van der Waals surface area contributed by atoms with Crippen molar-refractivity contribution in [3.05, 3.63) is 29.8 Å². The Hall–Kier alpha value is -1.02. The van der Waals surface area contributed by atoms with E-state index in [1.807, 2.05) is 0 Å². The Balaban J connectivity index is 2.31. The van der Waals surface area contributed by atoms with Gasteiger partial charge in [0.1, 0.15) is 5.75 Å². The van der Waals surface area contributed by atoms with Crippen molar-refractivity contribution in [1.82, 2.24) is 5.32 Å². The molecular weight excluding hydrogens is 270 g/mol. The van der Waals surface area contributed by atoms with Crippen LogP contribution in [0.3, 0.4) is 0 Å². The van der Waals surface area contributed by atoms with Gasteiger partial charge in [0.15, 0.2) is 0 Å². The fourth-order valence-corrected chi connectivity index (χ4v) is 2.73. The molecule has 1 aromatic carbocycles. The van der Waals surface area contributed by atoms with Crippen LogP contribution in [0.2, 0.25) is 0 Å². The number of hydrogen-bond acceptors (Lipinski definition) is 2. The summed E-state index contributed by atoms with van der Waals surface area (Å²) in [7, 11) is 0. The molecule has 0 aliphatic rings. The minimum Gasteiger partial charge on any atom is -0.491 e. The highest BCUT2D eigenvalue weighted by Gasteiger charge is 2.08. The molecule has 0 radical (unpaired) electrons. The van der Waals surface area contributed by atoms with E-state index in [9.17, 15) is 0 Å². The van der Waals surface area contributed by atoms with Crippen molar-refractivity contribution < 1.29 is 4.74 Å². The number of hydrogen-bond donors (Lipinski definition) is 1. The molecule has 0 bridgehead atoms. The lowest BCUT2D eigenvalue weighted by atomic mass is 10.0. The van der Waals surface area contributed by atoms with E-state index < -0.39 is 0 Å². The van der Waals surface area contributed by atoms with Crippen LogP contribution < -0.4 is 10.1 Å². The molecule has 1 aromatic rings. The first kappa shape index (κ1) is 19.0. The van der Waals surface area contributed by atoms with Crippen molar-refractivity contribution in [3.63, 3.8) is 0 Å². The third kappa shape index (κ3) is 7.84. The number of rotatable bonds is 12. The summed E-state index contributed by atoms with van der Waals surface area (Å²) in [6.07, 6.45) is 9.49. The lowest BCUT2D eigenvalue weighted by molar-refractivity contribution is 0.242. The maximum absolute atomic E-state index is 5.71. The van der Waals surface area contributed by atoms with Crippen molar-refractivity contribution >= 4 is 0 Å². The fourth-order valence-electron chi connectivity index (χ4n) is 2.73. The molecule has 0 amide bonds. The summed E-state index contributed by atoms with van der Waals surface area (Å²) in [5.41, 5.74) is 1.37. The Morgan fingerprint density at radius 1 is 0.909 bits per heavy atom. The Kier molecular flexibility index (Phi) is 9.98. The largest absolute Gasteiger partial charge is 0.491 e. The lowest BCUT2D eigenvalue weighted by Crippen LogP contribution is -2.21. The zero-order valence-corrected chi connectivity index (χ0v) is 15.0. The molecule has 0 spiro atoms. The summed E-state index contributed by atoms with van der Waals surface area (Å²) >= 11 is 0. The molecular formula is C20H35NO. The van der Waals surface area contributed by atoms with Gasteiger partial charge in [0.25, 0.3) is 0 Å². The first-order chi connectivity index (χ1) is 10.7. The zero-order chi connectivity index (χ0) is 16.2. The highest BCUT2D eigenvalue weighted by molar-refractivity contribution is 5.29. The van der Waals surface area contributed by atoms with Gasteiger partial charge in [-0.3, -0.25) is 0 Å². The van der Waals surface area contributed by atoms with E-state index in [1.165, 1.54) is 44.1 Å². The van der Waals surface area contributed by atoms with Crippen LogP contribution in [0.15, 0.2) is 24.3 Å². The molecule has 1 N–H and O–H groups in total. The molecule has 2 heteroatoms. The van der Waals surface area contributed by atoms with E-state index in [-0.39, 0.29) is 6.10 Å². The molecule has 0 aromatic heterocycles. The normalized spacial score (nSPS) is 12.6. The first-order valence-electron chi connectivity index (χ1n) is 9.17. The quantitative estimate of drug-likeness (QED) is 0.487. The molecule has 0 heterocycles. The molecule has 1 atom stereocenters. The van der Waals surface area contributed by atoms with E-state index in [2.05, 4.69) is 57.3 Å². The molecule has 1 unspecified atom stereocenters. The molecule has 0 aliphatic carbocycles. The summed E-state index contributed by atoms with van der Waals surface area (Å²) in [6.45, 7) is 9.76. The second kappa shape index (κ2) is 11.5. The van der Waals surface area contributed by atoms with Gasteiger partial charge in [-0.1, -0.05) is 58.1 Å². The monoisotopic (exact) mass is 305 g/mol. The minimum absolute atomic E-state index is 0.235. The summed E-state index contributed by atoms with van der Waals surface area (Å²) in [4.78, 5) is 0. The Morgan fingerprint density at radius 2 is 1.55 bits per heavy atom. The van der Waals surface area contributed by atoms with Gasteiger partial charge in [-0.05, 0) is 50.9 Å². The highest BCUT2D eigenvalue weighted by Crippen LogP contribution is 2.21. The minimum atomic E-state index is 0.235. The van der Waals surface area contributed by atoms with Crippen molar-refractivity contribution in [2.45, 2.75) is 84.8 Å². The van der Waals surface area contributed by atoms with E-state index >= 15 is 0 Å². The number of unbranched alkanes of at least 4 members (excludes halogenated alkanes) is 5. The van der Waals surface area contributed by atoms with Crippen LogP contribution in [0.1, 0.15) is 84.2 Å². The van der Waals surface area contributed by atoms with E-state index in [0.29, 0.717) is 6.04 Å². The average molecular weight is 306 g/mol. The van der Waals surface area contributed by atoms with E-state index in [0.717, 1.165) is 18.7 Å². The van der Waals surface area contributed by atoms with Gasteiger partial charge in [-0.25, -0.2) is 0 Å². The van der Waals surface area contributed by atoms with Crippen LogP contribution in [-0.4, -0.2) is 12.6 Å². The van der Waals surface area contributed by atoms with Crippen molar-refractivity contribution in [1.29, 1.82) is 0 Å². The Labute approximate surface area is 137 Å². The van der Waals surface area contributed by atoms with Crippen molar-refractivity contribution in [2.24, 2.45) is 0 Å². The molecule has 0 saturated carbocycles. The van der Waals surface area contributed by atoms with Gasteiger partial charge in [0, 0.05) is 6.04 Å². The predicted molar refractivity (Wildman–Crippen MR) is 96.6 cm³/mol. The van der Waals surface area contributed by atoms with E-state index in [4.69, 9.17) is 4.74 Å². The number of nitrogens with one attached hydrogen (secondary N) is 1. The molecule has 0 aliphatic heterocycles. The molecule has 0 fully saturated rings. The SMILES string of the molecule is CCCCCCCCNC(CC)c1ccc(OC(C)C)cc1. The topological polar surface area (TPSA) is 21.3 Å². The maximum Gasteiger partial charge on any atom is 0.119 e. The van der Waals surface area contributed by atoms with Gasteiger partial charge in [0.05, 0.1) is 6.10 Å².